The third kappa shape index (κ3) is 40.8. The third-order valence-electron chi connectivity index (χ3n) is 12.0. The molecule has 0 heterocycles. The molecular formula is C51H98O5. The van der Waals surface area contributed by atoms with Gasteiger partial charge in [0.05, 0.1) is 13.2 Å². The molecule has 0 radical (unpaired) electrons. The monoisotopic (exact) mass is 791 g/mol. The predicted octanol–water partition coefficient (Wildman–Crippen LogP) is 16.6. The van der Waals surface area contributed by atoms with Crippen molar-refractivity contribution in [1.29, 1.82) is 0 Å². The highest BCUT2D eigenvalue weighted by Gasteiger charge is 2.14. The fourth-order valence-electron chi connectivity index (χ4n) is 8.06. The van der Waals surface area contributed by atoms with E-state index in [4.69, 9.17) is 9.47 Å². The summed E-state index contributed by atoms with van der Waals surface area (Å²) in [5.74, 6) is 1.46. The van der Waals surface area contributed by atoms with Crippen LogP contribution in [0.15, 0.2) is 0 Å². The van der Waals surface area contributed by atoms with Crippen molar-refractivity contribution < 1.29 is 23.9 Å². The summed E-state index contributed by atoms with van der Waals surface area (Å²) in [5, 5.41) is 0. The Balaban J connectivity index is 3.83. The van der Waals surface area contributed by atoms with Crippen LogP contribution in [0.5, 0.6) is 0 Å². The zero-order valence-electron chi connectivity index (χ0n) is 38.4. The van der Waals surface area contributed by atoms with Crippen molar-refractivity contribution in [2.75, 3.05) is 13.2 Å². The van der Waals surface area contributed by atoms with E-state index in [2.05, 4.69) is 27.7 Å². The lowest BCUT2D eigenvalue weighted by Gasteiger charge is -2.17. The minimum atomic E-state index is -0.0113. The maximum atomic E-state index is 12.4. The molecule has 0 spiro atoms. The highest BCUT2D eigenvalue weighted by molar-refractivity contribution is 5.78. The van der Waals surface area contributed by atoms with E-state index in [-0.39, 0.29) is 11.9 Å². The fraction of sp³-hybridized carbons (Fsp3) is 0.941. The lowest BCUT2D eigenvalue weighted by atomic mass is 9.95. The van der Waals surface area contributed by atoms with Crippen LogP contribution in [0, 0.1) is 11.8 Å². The van der Waals surface area contributed by atoms with Crippen molar-refractivity contribution in [3.8, 4) is 0 Å². The lowest BCUT2D eigenvalue weighted by molar-refractivity contribution is -0.146. The van der Waals surface area contributed by atoms with Crippen LogP contribution in [0.4, 0.5) is 0 Å². The molecule has 0 aliphatic rings. The van der Waals surface area contributed by atoms with Crippen LogP contribution >= 0.6 is 0 Å². The van der Waals surface area contributed by atoms with Crippen molar-refractivity contribution in [3.63, 3.8) is 0 Å². The summed E-state index contributed by atoms with van der Waals surface area (Å²) in [6.07, 6.45) is 46.2. The number of ether oxygens (including phenoxy) is 2. The molecular weight excluding hydrogens is 693 g/mol. The number of carbonyl (C=O) groups excluding carboxylic acids is 3. The van der Waals surface area contributed by atoms with Gasteiger partial charge in [0.25, 0.3) is 0 Å². The Kier molecular flexibility index (Phi) is 43.6. The Hall–Kier alpha value is -1.39. The van der Waals surface area contributed by atoms with Gasteiger partial charge in [0.2, 0.25) is 0 Å². The average molecular weight is 791 g/mol. The van der Waals surface area contributed by atoms with Gasteiger partial charge in [-0.05, 0) is 63.2 Å². The third-order valence-corrected chi connectivity index (χ3v) is 12.0. The van der Waals surface area contributed by atoms with Crippen molar-refractivity contribution >= 4 is 17.7 Å². The molecule has 0 aliphatic carbocycles. The van der Waals surface area contributed by atoms with Gasteiger partial charge < -0.3 is 9.47 Å². The van der Waals surface area contributed by atoms with Crippen molar-refractivity contribution in [2.24, 2.45) is 11.8 Å². The van der Waals surface area contributed by atoms with Gasteiger partial charge in [0.1, 0.15) is 5.78 Å². The van der Waals surface area contributed by atoms with Gasteiger partial charge >= 0.3 is 11.9 Å². The maximum absolute atomic E-state index is 12.4. The summed E-state index contributed by atoms with van der Waals surface area (Å²) >= 11 is 0. The SMILES string of the molecule is CCCCCCCCC(CCCCCC)COC(=O)CCCCCCCCC(=O)CCCCCCCCC(=O)OCC(CCCCCC)CCCCCCCC. The molecule has 5 nitrogen and oxygen atoms in total. The van der Waals surface area contributed by atoms with E-state index in [9.17, 15) is 14.4 Å². The first-order valence-electron chi connectivity index (χ1n) is 25.3. The van der Waals surface area contributed by atoms with Crippen LogP contribution in [0.25, 0.3) is 0 Å². The van der Waals surface area contributed by atoms with E-state index >= 15 is 0 Å². The minimum absolute atomic E-state index is 0.0113. The highest BCUT2D eigenvalue weighted by Crippen LogP contribution is 2.22. The van der Waals surface area contributed by atoms with Crippen LogP contribution in [0.3, 0.4) is 0 Å². The number of unbranched alkanes of at least 4 members (excludes halogenated alkanes) is 26. The van der Waals surface area contributed by atoms with E-state index in [1.807, 2.05) is 0 Å². The molecule has 0 aliphatic heterocycles. The number of esters is 2. The van der Waals surface area contributed by atoms with Crippen molar-refractivity contribution in [1.82, 2.24) is 0 Å². The lowest BCUT2D eigenvalue weighted by Crippen LogP contribution is -2.14. The van der Waals surface area contributed by atoms with E-state index in [1.54, 1.807) is 0 Å². The van der Waals surface area contributed by atoms with Gasteiger partial charge in [-0.2, -0.15) is 0 Å². The Morgan fingerprint density at radius 3 is 0.839 bits per heavy atom. The summed E-state index contributed by atoms with van der Waals surface area (Å²) in [6.45, 7) is 10.3. The van der Waals surface area contributed by atoms with Gasteiger partial charge in [0.15, 0.2) is 0 Å². The Morgan fingerprint density at radius 1 is 0.304 bits per heavy atom. The summed E-state index contributed by atoms with van der Waals surface area (Å²) in [4.78, 5) is 37.2. The number of rotatable bonds is 46. The van der Waals surface area contributed by atoms with E-state index in [0.717, 1.165) is 77.0 Å². The normalized spacial score (nSPS) is 12.5. The fourth-order valence-corrected chi connectivity index (χ4v) is 8.06. The van der Waals surface area contributed by atoms with Crippen LogP contribution in [-0.2, 0) is 23.9 Å². The van der Waals surface area contributed by atoms with Crippen LogP contribution < -0.4 is 0 Å². The number of ketones is 1. The molecule has 0 saturated carbocycles. The number of hydrogen-bond acceptors (Lipinski definition) is 5. The Labute approximate surface area is 350 Å². The van der Waals surface area contributed by atoms with E-state index in [0.29, 0.717) is 56.5 Å². The smallest absolute Gasteiger partial charge is 0.305 e. The van der Waals surface area contributed by atoms with Crippen LogP contribution in [0.2, 0.25) is 0 Å². The molecule has 0 aromatic carbocycles. The second-order valence-electron chi connectivity index (χ2n) is 17.7. The largest absolute Gasteiger partial charge is 0.465 e. The molecule has 0 N–H and O–H groups in total. The van der Waals surface area contributed by atoms with E-state index < -0.39 is 0 Å². The molecule has 0 saturated heterocycles. The summed E-state index contributed by atoms with van der Waals surface area (Å²) in [6, 6.07) is 0. The standard InChI is InChI=1S/C51H98O5/c1-5-9-13-17-23-31-39-47(37-29-15-11-7-3)45-55-50(53)43-35-27-21-19-25-33-41-49(52)42-34-26-20-22-28-36-44-51(54)56-46-48(38-30-16-12-8-4)40-32-24-18-14-10-6-2/h47-48H,5-46H2,1-4H3. The minimum Gasteiger partial charge on any atom is -0.465 e. The molecule has 0 bridgehead atoms. The first-order chi connectivity index (χ1) is 27.5. The first-order valence-corrected chi connectivity index (χ1v) is 25.3. The molecule has 0 rings (SSSR count). The molecule has 0 fully saturated rings. The second-order valence-corrected chi connectivity index (χ2v) is 17.7. The molecule has 0 aromatic rings. The Morgan fingerprint density at radius 2 is 0.536 bits per heavy atom. The summed E-state index contributed by atoms with van der Waals surface area (Å²) in [5.41, 5.74) is 0. The Bertz CT molecular complexity index is 774. The van der Waals surface area contributed by atoms with Gasteiger partial charge in [-0.3, -0.25) is 14.4 Å². The summed E-state index contributed by atoms with van der Waals surface area (Å²) in [7, 11) is 0. The van der Waals surface area contributed by atoms with Crippen molar-refractivity contribution in [2.45, 2.75) is 285 Å². The molecule has 2 unspecified atom stereocenters. The quantitative estimate of drug-likeness (QED) is 0.0454. The number of carbonyl (C=O) groups is 3. The predicted molar refractivity (Wildman–Crippen MR) is 241 cm³/mol. The van der Waals surface area contributed by atoms with Gasteiger partial charge in [-0.15, -0.1) is 0 Å². The molecule has 332 valence electrons. The number of hydrogen-bond donors (Lipinski definition) is 0. The van der Waals surface area contributed by atoms with E-state index in [1.165, 1.54) is 154 Å². The van der Waals surface area contributed by atoms with Gasteiger partial charge in [0, 0.05) is 25.7 Å². The maximum Gasteiger partial charge on any atom is 0.305 e. The molecule has 0 amide bonds. The average Bonchev–Trinajstić information content (AvgIpc) is 3.20. The van der Waals surface area contributed by atoms with Gasteiger partial charge in [-0.1, -0.05) is 207 Å². The van der Waals surface area contributed by atoms with Gasteiger partial charge in [-0.25, -0.2) is 0 Å². The van der Waals surface area contributed by atoms with Crippen molar-refractivity contribution in [3.05, 3.63) is 0 Å². The zero-order valence-corrected chi connectivity index (χ0v) is 38.4. The van der Waals surface area contributed by atoms with Crippen LogP contribution in [-0.4, -0.2) is 30.9 Å². The highest BCUT2D eigenvalue weighted by atomic mass is 16.5. The number of Topliss-reactive ketones (excluding diaryl/α,β-unsaturated/α-hetero) is 1. The topological polar surface area (TPSA) is 69.7 Å². The molecule has 56 heavy (non-hydrogen) atoms. The molecule has 2 atom stereocenters. The molecule has 0 aromatic heterocycles. The second kappa shape index (κ2) is 44.7. The zero-order chi connectivity index (χ0) is 41.0. The first kappa shape index (κ1) is 54.6. The summed E-state index contributed by atoms with van der Waals surface area (Å²) < 4.78 is 11.5. The van der Waals surface area contributed by atoms with Crippen LogP contribution in [0.1, 0.15) is 285 Å². The molecule has 5 heteroatoms.